The van der Waals surface area contributed by atoms with Crippen LogP contribution in [0.25, 0.3) is 6.08 Å². The van der Waals surface area contributed by atoms with Gasteiger partial charge in [0.25, 0.3) is 0 Å². The Hall–Kier alpha value is -2.95. The average Bonchev–Trinajstić information content (AvgIpc) is 3.09. The summed E-state index contributed by atoms with van der Waals surface area (Å²) in [5.41, 5.74) is 1.34. The molecule has 1 amide bonds. The van der Waals surface area contributed by atoms with Crippen LogP contribution in [0.2, 0.25) is 0 Å². The third kappa shape index (κ3) is 4.17. The molecule has 0 saturated heterocycles. The molecule has 0 spiro atoms. The summed E-state index contributed by atoms with van der Waals surface area (Å²) in [7, 11) is 0. The van der Waals surface area contributed by atoms with E-state index >= 15 is 0 Å². The summed E-state index contributed by atoms with van der Waals surface area (Å²) in [5.74, 6) is 2.08. The summed E-state index contributed by atoms with van der Waals surface area (Å²) in [6, 6.07) is 13.3. The van der Waals surface area contributed by atoms with Crippen molar-refractivity contribution >= 4 is 12.0 Å². The van der Waals surface area contributed by atoms with Gasteiger partial charge in [0.2, 0.25) is 12.7 Å². The van der Waals surface area contributed by atoms with Gasteiger partial charge in [-0.05, 0) is 62.2 Å². The minimum absolute atomic E-state index is 0.165. The van der Waals surface area contributed by atoms with Crippen LogP contribution in [0.4, 0.5) is 0 Å². The summed E-state index contributed by atoms with van der Waals surface area (Å²) < 4.78 is 16.2. The highest BCUT2D eigenvalue weighted by atomic mass is 16.7. The maximum atomic E-state index is 12.3. The van der Waals surface area contributed by atoms with E-state index in [4.69, 9.17) is 14.2 Å². The summed E-state index contributed by atoms with van der Waals surface area (Å²) in [6.07, 6.45) is 3.31. The molecular formula is C21H23NO4. The van der Waals surface area contributed by atoms with Crippen molar-refractivity contribution in [2.75, 3.05) is 13.4 Å². The molecule has 26 heavy (non-hydrogen) atoms. The van der Waals surface area contributed by atoms with Gasteiger partial charge in [-0.25, -0.2) is 0 Å². The quantitative estimate of drug-likeness (QED) is 0.801. The highest BCUT2D eigenvalue weighted by Gasteiger charge is 2.25. The van der Waals surface area contributed by atoms with E-state index in [1.54, 1.807) is 6.08 Å². The Balaban J connectivity index is 1.64. The van der Waals surface area contributed by atoms with E-state index in [-0.39, 0.29) is 12.7 Å². The molecular weight excluding hydrogens is 330 g/mol. The number of carbonyl (C=O) groups excluding carboxylic acids is 1. The molecule has 0 fully saturated rings. The molecule has 0 aromatic heterocycles. The summed E-state index contributed by atoms with van der Waals surface area (Å²) in [6.45, 7) is 6.71. The molecule has 1 aliphatic rings. The molecule has 2 aromatic rings. The average molecular weight is 353 g/mol. The topological polar surface area (TPSA) is 56.8 Å². The molecule has 3 rings (SSSR count). The minimum atomic E-state index is -0.540. The zero-order valence-corrected chi connectivity index (χ0v) is 15.2. The largest absolute Gasteiger partial charge is 0.494 e. The van der Waals surface area contributed by atoms with Crippen molar-refractivity contribution in [1.82, 2.24) is 5.32 Å². The molecule has 136 valence electrons. The Morgan fingerprint density at radius 2 is 1.88 bits per heavy atom. The maximum absolute atomic E-state index is 12.3. The molecule has 5 nitrogen and oxygen atoms in total. The number of carbonyl (C=O) groups is 1. The van der Waals surface area contributed by atoms with Gasteiger partial charge in [-0.3, -0.25) is 4.79 Å². The second-order valence-electron chi connectivity index (χ2n) is 6.52. The van der Waals surface area contributed by atoms with Crippen LogP contribution in [-0.2, 0) is 10.3 Å². The van der Waals surface area contributed by atoms with Crippen LogP contribution in [0.3, 0.4) is 0 Å². The second kappa shape index (κ2) is 7.52. The Bertz CT molecular complexity index is 809. The van der Waals surface area contributed by atoms with E-state index in [1.165, 1.54) is 6.08 Å². The molecule has 1 heterocycles. The van der Waals surface area contributed by atoms with E-state index in [0.29, 0.717) is 12.4 Å². The fraction of sp³-hybridized carbons (Fsp3) is 0.286. The van der Waals surface area contributed by atoms with Crippen LogP contribution >= 0.6 is 0 Å². The van der Waals surface area contributed by atoms with Gasteiger partial charge in [-0.1, -0.05) is 18.2 Å². The van der Waals surface area contributed by atoms with Crippen LogP contribution in [0.15, 0.2) is 48.5 Å². The van der Waals surface area contributed by atoms with Crippen LogP contribution in [-0.4, -0.2) is 19.3 Å². The second-order valence-corrected chi connectivity index (χ2v) is 6.52. The Labute approximate surface area is 153 Å². The van der Waals surface area contributed by atoms with Crippen molar-refractivity contribution in [2.24, 2.45) is 0 Å². The highest BCUT2D eigenvalue weighted by molar-refractivity contribution is 5.92. The number of amides is 1. The smallest absolute Gasteiger partial charge is 0.244 e. The van der Waals surface area contributed by atoms with E-state index < -0.39 is 5.54 Å². The van der Waals surface area contributed by atoms with Crippen molar-refractivity contribution in [3.8, 4) is 17.2 Å². The first kappa shape index (κ1) is 17.9. The molecule has 0 bridgehead atoms. The third-order valence-corrected chi connectivity index (χ3v) is 4.15. The minimum Gasteiger partial charge on any atom is -0.494 e. The molecule has 1 aliphatic heterocycles. The van der Waals surface area contributed by atoms with Gasteiger partial charge in [0.15, 0.2) is 11.5 Å². The van der Waals surface area contributed by atoms with Gasteiger partial charge in [0.05, 0.1) is 12.1 Å². The molecule has 5 heteroatoms. The third-order valence-electron chi connectivity index (χ3n) is 4.15. The Morgan fingerprint density at radius 3 is 2.62 bits per heavy atom. The molecule has 0 aliphatic carbocycles. The van der Waals surface area contributed by atoms with Gasteiger partial charge in [0.1, 0.15) is 5.75 Å². The van der Waals surface area contributed by atoms with Gasteiger partial charge in [-0.2, -0.15) is 0 Å². The zero-order chi connectivity index (χ0) is 18.6. The van der Waals surface area contributed by atoms with Crippen molar-refractivity contribution in [1.29, 1.82) is 0 Å². The van der Waals surface area contributed by atoms with E-state index in [9.17, 15) is 4.79 Å². The first-order valence-electron chi connectivity index (χ1n) is 8.61. The Kier molecular flexibility index (Phi) is 5.16. The number of hydrogen-bond donors (Lipinski definition) is 1. The molecule has 0 radical (unpaired) electrons. The number of ether oxygens (including phenoxy) is 3. The predicted octanol–water partition coefficient (Wildman–Crippen LogP) is 3.88. The monoisotopic (exact) mass is 353 g/mol. The van der Waals surface area contributed by atoms with Gasteiger partial charge in [-0.15, -0.1) is 0 Å². The van der Waals surface area contributed by atoms with E-state index in [2.05, 4.69) is 5.32 Å². The first-order valence-corrected chi connectivity index (χ1v) is 8.61. The predicted molar refractivity (Wildman–Crippen MR) is 100 cm³/mol. The first-order chi connectivity index (χ1) is 12.5. The number of fused-ring (bicyclic) bond motifs is 1. The van der Waals surface area contributed by atoms with Gasteiger partial charge < -0.3 is 19.5 Å². The molecule has 1 N–H and O–H groups in total. The summed E-state index contributed by atoms with van der Waals surface area (Å²) >= 11 is 0. The van der Waals surface area contributed by atoms with Crippen LogP contribution in [0.1, 0.15) is 31.9 Å². The SMILES string of the molecule is CCOc1ccc(/C=C/C(=O)NC(C)(C)c2ccc3c(c2)OCO3)cc1. The maximum Gasteiger partial charge on any atom is 0.244 e. The fourth-order valence-electron chi connectivity index (χ4n) is 2.72. The molecule has 0 unspecified atom stereocenters. The molecule has 2 aromatic carbocycles. The van der Waals surface area contributed by atoms with Gasteiger partial charge in [0, 0.05) is 6.08 Å². The standard InChI is InChI=1S/C21H23NO4/c1-4-24-17-9-5-15(6-10-17)7-12-20(23)22-21(2,3)16-8-11-18-19(13-16)26-14-25-18/h5-13H,4,14H2,1-3H3,(H,22,23)/b12-7+. The van der Waals surface area contributed by atoms with Crippen molar-refractivity contribution < 1.29 is 19.0 Å². The Morgan fingerprint density at radius 1 is 1.15 bits per heavy atom. The lowest BCUT2D eigenvalue weighted by Gasteiger charge is -2.26. The molecule has 0 saturated carbocycles. The fourth-order valence-corrected chi connectivity index (χ4v) is 2.72. The van der Waals surface area contributed by atoms with Crippen LogP contribution in [0, 0.1) is 0 Å². The lowest BCUT2D eigenvalue weighted by Crippen LogP contribution is -2.40. The number of rotatable bonds is 6. The van der Waals surface area contributed by atoms with E-state index in [0.717, 1.165) is 22.6 Å². The number of nitrogens with one attached hydrogen (secondary N) is 1. The van der Waals surface area contributed by atoms with Crippen molar-refractivity contribution in [3.63, 3.8) is 0 Å². The summed E-state index contributed by atoms with van der Waals surface area (Å²) in [4.78, 5) is 12.3. The summed E-state index contributed by atoms with van der Waals surface area (Å²) in [5, 5.41) is 3.02. The number of hydrogen-bond acceptors (Lipinski definition) is 4. The highest BCUT2D eigenvalue weighted by Crippen LogP contribution is 2.35. The zero-order valence-electron chi connectivity index (χ0n) is 15.2. The lowest BCUT2D eigenvalue weighted by atomic mass is 9.93. The number of benzene rings is 2. The van der Waals surface area contributed by atoms with Crippen LogP contribution < -0.4 is 19.5 Å². The lowest BCUT2D eigenvalue weighted by molar-refractivity contribution is -0.118. The van der Waals surface area contributed by atoms with Crippen LogP contribution in [0.5, 0.6) is 17.2 Å². The van der Waals surface area contributed by atoms with E-state index in [1.807, 2.05) is 63.2 Å². The normalized spacial score (nSPS) is 13.0. The molecule has 0 atom stereocenters. The van der Waals surface area contributed by atoms with Crippen molar-refractivity contribution in [3.05, 3.63) is 59.7 Å². The van der Waals surface area contributed by atoms with Gasteiger partial charge >= 0.3 is 0 Å². The van der Waals surface area contributed by atoms with Crippen molar-refractivity contribution in [2.45, 2.75) is 26.3 Å².